The maximum absolute atomic E-state index is 11.8. The van der Waals surface area contributed by atoms with Crippen molar-refractivity contribution >= 4 is 17.6 Å². The first-order chi connectivity index (χ1) is 13.3. The number of likely N-dealkylation sites (tertiary alicyclic amines) is 1. The molecule has 27 heavy (non-hydrogen) atoms. The van der Waals surface area contributed by atoms with E-state index < -0.39 is 6.23 Å². The smallest absolute Gasteiger partial charge is 0.209 e. The summed E-state index contributed by atoms with van der Waals surface area (Å²) in [7, 11) is 0. The molecule has 1 unspecified atom stereocenters. The lowest BCUT2D eigenvalue weighted by molar-refractivity contribution is -0.125. The van der Waals surface area contributed by atoms with Crippen LogP contribution in [0.25, 0.3) is 10.7 Å². The second-order valence-corrected chi connectivity index (χ2v) is 7.23. The van der Waals surface area contributed by atoms with Crippen LogP contribution in [0.1, 0.15) is 31.0 Å². The topological polar surface area (TPSA) is 68.2 Å². The number of thiazole rings is 1. The van der Waals surface area contributed by atoms with Crippen LogP contribution in [0.3, 0.4) is 0 Å². The zero-order valence-corrected chi connectivity index (χ0v) is 15.6. The van der Waals surface area contributed by atoms with Crippen LogP contribution in [-0.2, 0) is 4.79 Å². The van der Waals surface area contributed by atoms with Gasteiger partial charge < -0.3 is 4.74 Å². The van der Waals surface area contributed by atoms with Crippen molar-refractivity contribution < 1.29 is 9.53 Å². The van der Waals surface area contributed by atoms with Gasteiger partial charge in [-0.3, -0.25) is 19.7 Å². The third kappa shape index (κ3) is 4.04. The van der Waals surface area contributed by atoms with Crippen molar-refractivity contribution in [3.63, 3.8) is 0 Å². The summed E-state index contributed by atoms with van der Waals surface area (Å²) in [5, 5.41) is 2.90. The molecule has 1 saturated heterocycles. The Labute approximate surface area is 161 Å². The number of aromatic nitrogens is 3. The van der Waals surface area contributed by atoms with Gasteiger partial charge >= 0.3 is 0 Å². The number of carbonyl (C=O) groups excluding carboxylic acids is 1. The van der Waals surface area contributed by atoms with E-state index in [0.29, 0.717) is 5.75 Å². The maximum atomic E-state index is 11.8. The molecule has 3 aromatic rings. The first-order valence-electron chi connectivity index (χ1n) is 9.00. The highest BCUT2D eigenvalue weighted by atomic mass is 32.1. The molecule has 1 aliphatic heterocycles. The third-order valence-electron chi connectivity index (χ3n) is 4.63. The highest BCUT2D eigenvalue weighted by Gasteiger charge is 2.32. The number of carbonyl (C=O) groups is 1. The van der Waals surface area contributed by atoms with Gasteiger partial charge in [-0.05, 0) is 25.0 Å². The summed E-state index contributed by atoms with van der Waals surface area (Å²) in [5.41, 5.74) is 1.73. The van der Waals surface area contributed by atoms with Crippen LogP contribution in [0.15, 0.2) is 54.3 Å². The van der Waals surface area contributed by atoms with E-state index in [9.17, 15) is 4.79 Å². The Morgan fingerprint density at radius 1 is 1.22 bits per heavy atom. The minimum absolute atomic E-state index is 0.0549. The number of hydrogen-bond donors (Lipinski definition) is 0. The molecule has 0 bridgehead atoms. The van der Waals surface area contributed by atoms with Crippen molar-refractivity contribution in [2.24, 2.45) is 0 Å². The number of piperidine rings is 1. The van der Waals surface area contributed by atoms with Gasteiger partial charge in [-0.1, -0.05) is 24.6 Å². The first kappa shape index (κ1) is 17.8. The first-order valence-corrected chi connectivity index (χ1v) is 9.87. The van der Waals surface area contributed by atoms with E-state index in [1.165, 1.54) is 0 Å². The zero-order valence-electron chi connectivity index (χ0n) is 14.8. The lowest BCUT2D eigenvalue weighted by atomic mass is 9.99. The number of hydrogen-bond acceptors (Lipinski definition) is 7. The van der Waals surface area contributed by atoms with Crippen LogP contribution in [0.4, 0.5) is 0 Å². The van der Waals surface area contributed by atoms with Crippen molar-refractivity contribution in [1.82, 2.24) is 19.9 Å². The molecule has 1 fully saturated rings. The van der Waals surface area contributed by atoms with E-state index in [-0.39, 0.29) is 6.04 Å². The molecule has 138 valence electrons. The molecule has 4 rings (SSSR count). The second-order valence-electron chi connectivity index (χ2n) is 6.38. The van der Waals surface area contributed by atoms with Crippen molar-refractivity contribution in [2.75, 3.05) is 6.54 Å². The zero-order chi connectivity index (χ0) is 18.5. The standard InChI is InChI=1S/C20H20N4O2S/c25-13-19(26-15-6-2-1-3-7-15)24-11-5-4-8-18(24)17-14-27-20(23-17)16-12-21-9-10-22-16/h1-3,6-7,9-10,12-14,18-19H,4-5,8,11H2/t18-,19?/m1/s1. The normalized spacial score (nSPS) is 18.7. The number of nitrogens with zero attached hydrogens (tertiary/aromatic N) is 4. The molecule has 0 spiro atoms. The lowest BCUT2D eigenvalue weighted by Gasteiger charge is -2.37. The Morgan fingerprint density at radius 2 is 2.11 bits per heavy atom. The van der Waals surface area contributed by atoms with E-state index in [1.54, 1.807) is 29.9 Å². The average molecular weight is 380 g/mol. The summed E-state index contributed by atoms with van der Waals surface area (Å²) >= 11 is 1.55. The molecular formula is C20H20N4O2S. The van der Waals surface area contributed by atoms with E-state index in [4.69, 9.17) is 9.72 Å². The van der Waals surface area contributed by atoms with Gasteiger partial charge in [-0.25, -0.2) is 4.98 Å². The van der Waals surface area contributed by atoms with Gasteiger partial charge in [0.05, 0.1) is 17.9 Å². The van der Waals surface area contributed by atoms with E-state index in [0.717, 1.165) is 48.5 Å². The van der Waals surface area contributed by atoms with Gasteiger partial charge in [-0.2, -0.15) is 0 Å². The summed E-state index contributed by atoms with van der Waals surface area (Å²) in [5.74, 6) is 0.692. The number of rotatable bonds is 6. The monoisotopic (exact) mass is 380 g/mol. The highest BCUT2D eigenvalue weighted by molar-refractivity contribution is 7.13. The van der Waals surface area contributed by atoms with Crippen LogP contribution >= 0.6 is 11.3 Å². The molecular weight excluding hydrogens is 360 g/mol. The summed E-state index contributed by atoms with van der Waals surface area (Å²) in [6.07, 6.45) is 8.38. The van der Waals surface area contributed by atoms with Crippen LogP contribution in [0.5, 0.6) is 5.75 Å². The quantitative estimate of drug-likeness (QED) is 0.607. The van der Waals surface area contributed by atoms with E-state index in [1.807, 2.05) is 30.3 Å². The molecule has 3 heterocycles. The lowest BCUT2D eigenvalue weighted by Crippen LogP contribution is -2.45. The van der Waals surface area contributed by atoms with Crippen molar-refractivity contribution in [1.29, 1.82) is 0 Å². The molecule has 2 atom stereocenters. The van der Waals surface area contributed by atoms with E-state index >= 15 is 0 Å². The minimum Gasteiger partial charge on any atom is -0.468 e. The molecule has 0 radical (unpaired) electrons. The fraction of sp³-hybridized carbons (Fsp3) is 0.300. The summed E-state index contributed by atoms with van der Waals surface area (Å²) in [6.45, 7) is 0.804. The Morgan fingerprint density at radius 3 is 2.89 bits per heavy atom. The largest absolute Gasteiger partial charge is 0.468 e. The van der Waals surface area contributed by atoms with Gasteiger partial charge in [0.15, 0.2) is 6.29 Å². The molecule has 6 nitrogen and oxygen atoms in total. The van der Waals surface area contributed by atoms with Crippen molar-refractivity contribution in [3.8, 4) is 16.5 Å². The molecule has 0 saturated carbocycles. The Balaban J connectivity index is 1.57. The van der Waals surface area contributed by atoms with Crippen LogP contribution < -0.4 is 4.74 Å². The summed E-state index contributed by atoms with van der Waals surface area (Å²) in [6, 6.07) is 9.51. The van der Waals surface area contributed by atoms with E-state index in [2.05, 4.69) is 20.2 Å². The Bertz CT molecular complexity index is 872. The molecule has 1 aromatic carbocycles. The van der Waals surface area contributed by atoms with Crippen LogP contribution in [0, 0.1) is 0 Å². The number of ether oxygens (including phenoxy) is 1. The van der Waals surface area contributed by atoms with Gasteiger partial charge in [-0.15, -0.1) is 11.3 Å². The molecule has 1 aliphatic rings. The Kier molecular flexibility index (Phi) is 5.50. The molecule has 2 aromatic heterocycles. The Hall–Kier alpha value is -2.64. The SMILES string of the molecule is O=CC(Oc1ccccc1)N1CCCC[C@@H]1c1csc(-c2cnccn2)n1. The molecule has 0 aliphatic carbocycles. The van der Waals surface area contributed by atoms with Gasteiger partial charge in [0.2, 0.25) is 6.23 Å². The molecule has 0 N–H and O–H groups in total. The maximum Gasteiger partial charge on any atom is 0.209 e. The third-order valence-corrected chi connectivity index (χ3v) is 5.52. The van der Waals surface area contributed by atoms with Crippen molar-refractivity contribution in [3.05, 3.63) is 60.0 Å². The molecule has 7 heteroatoms. The molecule has 0 amide bonds. The van der Waals surface area contributed by atoms with Crippen LogP contribution in [0.2, 0.25) is 0 Å². The van der Waals surface area contributed by atoms with Gasteiger partial charge in [0, 0.05) is 24.3 Å². The summed E-state index contributed by atoms with van der Waals surface area (Å²) < 4.78 is 5.96. The van der Waals surface area contributed by atoms with Crippen LogP contribution in [-0.4, -0.2) is 38.9 Å². The van der Waals surface area contributed by atoms with Crippen molar-refractivity contribution in [2.45, 2.75) is 31.5 Å². The average Bonchev–Trinajstić information content (AvgIpc) is 3.24. The van der Waals surface area contributed by atoms with Gasteiger partial charge in [0.1, 0.15) is 16.5 Å². The number of para-hydroxylation sites is 1. The fourth-order valence-electron chi connectivity index (χ4n) is 3.35. The number of benzene rings is 1. The number of aldehydes is 1. The predicted molar refractivity (Wildman–Crippen MR) is 103 cm³/mol. The second kappa shape index (κ2) is 8.37. The summed E-state index contributed by atoms with van der Waals surface area (Å²) in [4.78, 5) is 27.1. The predicted octanol–water partition coefficient (Wildman–Crippen LogP) is 3.73. The fourth-order valence-corrected chi connectivity index (χ4v) is 4.18. The highest BCUT2D eigenvalue weighted by Crippen LogP contribution is 2.35. The minimum atomic E-state index is -0.626. The van der Waals surface area contributed by atoms with Gasteiger partial charge in [0.25, 0.3) is 0 Å².